The molecule has 0 amide bonds. The van der Waals surface area contributed by atoms with E-state index in [1.807, 2.05) is 0 Å². The van der Waals surface area contributed by atoms with E-state index in [1.54, 1.807) is 18.2 Å². The number of alkyl halides is 3. The van der Waals surface area contributed by atoms with Crippen LogP contribution in [0.15, 0.2) is 24.3 Å². The highest BCUT2D eigenvalue weighted by Crippen LogP contribution is 2.26. The standard InChI is InChI=1S/C15H21F3N2O/c1-20-8-4-5-12(11-20)9-19-10-13-6-2-3-7-14(13)21-15(16,17)18/h2-3,6-7,12,19H,4-5,8-11H2,1H3. The van der Waals surface area contributed by atoms with Crippen LogP contribution in [0.1, 0.15) is 18.4 Å². The van der Waals surface area contributed by atoms with Crippen LogP contribution in [0.3, 0.4) is 0 Å². The third-order valence-electron chi connectivity index (χ3n) is 3.67. The Bertz CT molecular complexity index is 451. The van der Waals surface area contributed by atoms with Crippen molar-refractivity contribution in [1.29, 1.82) is 0 Å². The molecule has 1 aliphatic heterocycles. The van der Waals surface area contributed by atoms with Crippen LogP contribution in [-0.2, 0) is 6.54 Å². The quantitative estimate of drug-likeness (QED) is 0.905. The molecule has 1 unspecified atom stereocenters. The minimum absolute atomic E-state index is 0.127. The molecule has 118 valence electrons. The second-order valence-corrected chi connectivity index (χ2v) is 5.56. The first-order valence-corrected chi connectivity index (χ1v) is 7.17. The molecule has 1 fully saturated rings. The summed E-state index contributed by atoms with van der Waals surface area (Å²) in [5, 5.41) is 3.24. The predicted molar refractivity (Wildman–Crippen MR) is 75.1 cm³/mol. The third-order valence-corrected chi connectivity index (χ3v) is 3.67. The molecule has 1 N–H and O–H groups in total. The van der Waals surface area contributed by atoms with E-state index in [0.29, 0.717) is 18.0 Å². The summed E-state index contributed by atoms with van der Waals surface area (Å²) in [6.45, 7) is 3.35. The minimum Gasteiger partial charge on any atom is -0.405 e. The van der Waals surface area contributed by atoms with E-state index in [-0.39, 0.29) is 5.75 Å². The molecular formula is C15H21F3N2O. The van der Waals surface area contributed by atoms with Crippen LogP contribution in [-0.4, -0.2) is 37.9 Å². The molecule has 2 rings (SSSR count). The zero-order valence-corrected chi connectivity index (χ0v) is 12.1. The summed E-state index contributed by atoms with van der Waals surface area (Å²) >= 11 is 0. The van der Waals surface area contributed by atoms with Crippen molar-refractivity contribution in [2.24, 2.45) is 5.92 Å². The molecule has 1 aromatic carbocycles. The highest BCUT2D eigenvalue weighted by atomic mass is 19.4. The zero-order chi connectivity index (χ0) is 15.3. The van der Waals surface area contributed by atoms with Gasteiger partial charge < -0.3 is 15.0 Å². The molecule has 0 saturated carbocycles. The van der Waals surface area contributed by atoms with Crippen LogP contribution in [0, 0.1) is 5.92 Å². The Kier molecular flexibility index (Phi) is 5.47. The Morgan fingerprint density at radius 2 is 2.10 bits per heavy atom. The van der Waals surface area contributed by atoms with Gasteiger partial charge in [0, 0.05) is 18.7 Å². The number of halogens is 3. The maximum absolute atomic E-state index is 12.3. The summed E-state index contributed by atoms with van der Waals surface area (Å²) in [5.41, 5.74) is 0.527. The van der Waals surface area contributed by atoms with E-state index in [1.165, 1.54) is 12.5 Å². The second kappa shape index (κ2) is 7.13. The van der Waals surface area contributed by atoms with E-state index in [9.17, 15) is 13.2 Å². The number of hydrogen-bond acceptors (Lipinski definition) is 3. The first-order valence-electron chi connectivity index (χ1n) is 7.17. The van der Waals surface area contributed by atoms with E-state index in [0.717, 1.165) is 26.1 Å². The summed E-state index contributed by atoms with van der Waals surface area (Å²) in [4.78, 5) is 2.29. The van der Waals surface area contributed by atoms with Gasteiger partial charge in [0.15, 0.2) is 0 Å². The van der Waals surface area contributed by atoms with E-state index < -0.39 is 6.36 Å². The lowest BCUT2D eigenvalue weighted by Crippen LogP contribution is -2.37. The highest BCUT2D eigenvalue weighted by Gasteiger charge is 2.31. The predicted octanol–water partition coefficient (Wildman–Crippen LogP) is 3.02. The Morgan fingerprint density at radius 3 is 2.81 bits per heavy atom. The number of nitrogens with one attached hydrogen (secondary N) is 1. The van der Waals surface area contributed by atoms with Crippen molar-refractivity contribution in [2.45, 2.75) is 25.7 Å². The smallest absolute Gasteiger partial charge is 0.405 e. The first-order chi connectivity index (χ1) is 9.94. The van der Waals surface area contributed by atoms with Crippen LogP contribution in [0.25, 0.3) is 0 Å². The fourth-order valence-corrected chi connectivity index (χ4v) is 2.72. The molecule has 0 aromatic heterocycles. The van der Waals surface area contributed by atoms with Gasteiger partial charge in [-0.25, -0.2) is 0 Å². The topological polar surface area (TPSA) is 24.5 Å². The van der Waals surface area contributed by atoms with Crippen LogP contribution < -0.4 is 10.1 Å². The summed E-state index contributed by atoms with van der Waals surface area (Å²) in [5.74, 6) is 0.428. The van der Waals surface area contributed by atoms with Gasteiger partial charge in [0.25, 0.3) is 0 Å². The number of ether oxygens (including phenoxy) is 1. The maximum Gasteiger partial charge on any atom is 0.573 e. The van der Waals surface area contributed by atoms with Gasteiger partial charge in [-0.1, -0.05) is 18.2 Å². The monoisotopic (exact) mass is 302 g/mol. The van der Waals surface area contributed by atoms with Crippen molar-refractivity contribution >= 4 is 0 Å². The van der Waals surface area contributed by atoms with Gasteiger partial charge >= 0.3 is 6.36 Å². The van der Waals surface area contributed by atoms with E-state index in [4.69, 9.17) is 0 Å². The third kappa shape index (κ3) is 5.55. The van der Waals surface area contributed by atoms with Crippen molar-refractivity contribution in [3.05, 3.63) is 29.8 Å². The lowest BCUT2D eigenvalue weighted by Gasteiger charge is -2.29. The van der Waals surface area contributed by atoms with E-state index in [2.05, 4.69) is 22.0 Å². The lowest BCUT2D eigenvalue weighted by atomic mass is 9.98. The highest BCUT2D eigenvalue weighted by molar-refractivity contribution is 5.33. The summed E-state index contributed by atoms with van der Waals surface area (Å²) in [7, 11) is 2.10. The Labute approximate surface area is 123 Å². The number of piperidine rings is 1. The normalized spacial score (nSPS) is 20.5. The van der Waals surface area contributed by atoms with Crippen molar-refractivity contribution in [3.63, 3.8) is 0 Å². The van der Waals surface area contributed by atoms with Gasteiger partial charge in [-0.15, -0.1) is 13.2 Å². The average Bonchev–Trinajstić information content (AvgIpc) is 2.39. The summed E-state index contributed by atoms with van der Waals surface area (Å²) < 4.78 is 41.0. The van der Waals surface area contributed by atoms with Crippen LogP contribution in [0.4, 0.5) is 13.2 Å². The van der Waals surface area contributed by atoms with Crippen molar-refractivity contribution in [1.82, 2.24) is 10.2 Å². The maximum atomic E-state index is 12.3. The number of benzene rings is 1. The minimum atomic E-state index is -4.65. The number of rotatable bonds is 5. The lowest BCUT2D eigenvalue weighted by molar-refractivity contribution is -0.274. The van der Waals surface area contributed by atoms with Crippen molar-refractivity contribution < 1.29 is 17.9 Å². The molecule has 0 radical (unpaired) electrons. The molecule has 0 spiro atoms. The molecule has 6 heteroatoms. The number of hydrogen-bond donors (Lipinski definition) is 1. The molecular weight excluding hydrogens is 281 g/mol. The van der Waals surface area contributed by atoms with Gasteiger partial charge in [-0.2, -0.15) is 0 Å². The fraction of sp³-hybridized carbons (Fsp3) is 0.600. The Hall–Kier alpha value is -1.27. The van der Waals surface area contributed by atoms with E-state index >= 15 is 0 Å². The van der Waals surface area contributed by atoms with Gasteiger partial charge in [0.05, 0.1) is 0 Å². The molecule has 0 bridgehead atoms. The molecule has 1 heterocycles. The van der Waals surface area contributed by atoms with Gasteiger partial charge in [0.1, 0.15) is 5.75 Å². The van der Waals surface area contributed by atoms with Crippen LogP contribution in [0.5, 0.6) is 5.75 Å². The molecule has 3 nitrogen and oxygen atoms in total. The zero-order valence-electron chi connectivity index (χ0n) is 12.1. The number of nitrogens with zero attached hydrogens (tertiary/aromatic N) is 1. The van der Waals surface area contributed by atoms with Crippen molar-refractivity contribution in [3.8, 4) is 5.75 Å². The summed E-state index contributed by atoms with van der Waals surface area (Å²) in [6.07, 6.45) is -2.31. The molecule has 1 aliphatic rings. The molecule has 21 heavy (non-hydrogen) atoms. The largest absolute Gasteiger partial charge is 0.573 e. The Balaban J connectivity index is 1.85. The number of likely N-dealkylation sites (tertiary alicyclic amines) is 1. The Morgan fingerprint density at radius 1 is 1.33 bits per heavy atom. The number of para-hydroxylation sites is 1. The SMILES string of the molecule is CN1CCCC(CNCc2ccccc2OC(F)(F)F)C1. The second-order valence-electron chi connectivity index (χ2n) is 5.56. The fourth-order valence-electron chi connectivity index (χ4n) is 2.72. The van der Waals surface area contributed by atoms with Gasteiger partial charge in [0.2, 0.25) is 0 Å². The van der Waals surface area contributed by atoms with Crippen molar-refractivity contribution in [2.75, 3.05) is 26.7 Å². The van der Waals surface area contributed by atoms with Crippen LogP contribution >= 0.6 is 0 Å². The average molecular weight is 302 g/mol. The molecule has 1 saturated heterocycles. The molecule has 0 aliphatic carbocycles. The van der Waals surface area contributed by atoms with Gasteiger partial charge in [-0.3, -0.25) is 0 Å². The van der Waals surface area contributed by atoms with Crippen LogP contribution in [0.2, 0.25) is 0 Å². The summed E-state index contributed by atoms with van der Waals surface area (Å²) in [6, 6.07) is 6.26. The van der Waals surface area contributed by atoms with Gasteiger partial charge in [-0.05, 0) is 45.0 Å². The molecule has 1 aromatic rings. The first kappa shape index (κ1) is 16.1. The molecule has 1 atom stereocenters.